The Morgan fingerprint density at radius 3 is 2.59 bits per heavy atom. The lowest BCUT2D eigenvalue weighted by Crippen LogP contribution is -2.40. The molecule has 1 N–H and O–H groups in total. The monoisotopic (exact) mass is 474 g/mol. The average molecular weight is 475 g/mol. The molecule has 1 amide bonds. The Kier molecular flexibility index (Phi) is 6.54. The van der Waals surface area contributed by atoms with Crippen molar-refractivity contribution in [2.75, 3.05) is 5.32 Å². The summed E-state index contributed by atoms with van der Waals surface area (Å²) in [4.78, 5) is 17.1. The van der Waals surface area contributed by atoms with Gasteiger partial charge in [0.2, 0.25) is 0 Å². The van der Waals surface area contributed by atoms with Crippen molar-refractivity contribution in [3.05, 3.63) is 78.8 Å². The maximum atomic E-state index is 12.7. The zero-order valence-corrected chi connectivity index (χ0v) is 21.2. The van der Waals surface area contributed by atoms with Crippen LogP contribution in [0.1, 0.15) is 26.5 Å². The van der Waals surface area contributed by atoms with Gasteiger partial charge >= 0.3 is 6.09 Å². The molecule has 0 unspecified atom stereocenters. The Balaban J connectivity index is 1.51. The lowest BCUT2D eigenvalue weighted by Gasteiger charge is -2.36. The Morgan fingerprint density at radius 1 is 1.06 bits per heavy atom. The summed E-state index contributed by atoms with van der Waals surface area (Å²) in [6.07, 6.45) is 2.73. The number of para-hydroxylation sites is 3. The summed E-state index contributed by atoms with van der Waals surface area (Å²) in [6.45, 7) is 11.5. The van der Waals surface area contributed by atoms with Gasteiger partial charge in [0, 0.05) is 11.6 Å². The van der Waals surface area contributed by atoms with Gasteiger partial charge < -0.3 is 9.16 Å². The number of anilines is 1. The average Bonchev–Trinajstić information content (AvgIpc) is 3.26. The third-order valence-electron chi connectivity index (χ3n) is 6.24. The number of hydrogen-bond donors (Lipinski definition) is 1. The van der Waals surface area contributed by atoms with E-state index in [0.717, 1.165) is 16.6 Å². The van der Waals surface area contributed by atoms with E-state index in [-0.39, 0.29) is 5.04 Å². The van der Waals surface area contributed by atoms with Gasteiger partial charge in [-0.2, -0.15) is 5.10 Å². The van der Waals surface area contributed by atoms with E-state index in [1.807, 2.05) is 54.6 Å². The summed E-state index contributed by atoms with van der Waals surface area (Å²) < 4.78 is 13.8. The standard InChI is InChI=1S/C26H30N4O3Si/c1-26(2,3)34(4,5)32-18-21-14-15-28-30(21)23-12-8-9-13-24(23)33-25(31)29-20-16-19-10-6-7-11-22(19)27-17-20/h6-17H,18H2,1-5H3,(H,29,31). The molecule has 2 aromatic carbocycles. The zero-order chi connectivity index (χ0) is 24.3. The number of aromatic nitrogens is 3. The maximum absolute atomic E-state index is 12.7. The van der Waals surface area contributed by atoms with E-state index in [2.05, 4.69) is 49.3 Å². The number of carbonyl (C=O) groups is 1. The summed E-state index contributed by atoms with van der Waals surface area (Å²) in [5, 5.41) is 8.26. The summed E-state index contributed by atoms with van der Waals surface area (Å²) in [5.74, 6) is 0.394. The molecule has 0 aliphatic heterocycles. The molecule has 0 spiro atoms. The van der Waals surface area contributed by atoms with Crippen molar-refractivity contribution in [2.24, 2.45) is 0 Å². The first-order valence-corrected chi connectivity index (χ1v) is 14.1. The number of benzene rings is 2. The van der Waals surface area contributed by atoms with Gasteiger partial charge in [-0.3, -0.25) is 10.3 Å². The lowest BCUT2D eigenvalue weighted by atomic mass is 10.2. The molecule has 0 aliphatic carbocycles. The number of nitrogens with one attached hydrogen (secondary N) is 1. The maximum Gasteiger partial charge on any atom is 0.417 e. The van der Waals surface area contributed by atoms with Crippen LogP contribution in [0.2, 0.25) is 18.1 Å². The first-order chi connectivity index (χ1) is 16.1. The van der Waals surface area contributed by atoms with Crippen LogP contribution in [-0.2, 0) is 11.0 Å². The summed E-state index contributed by atoms with van der Waals surface area (Å²) in [7, 11) is -1.93. The normalized spacial score (nSPS) is 12.0. The Bertz CT molecular complexity index is 1310. The first-order valence-electron chi connectivity index (χ1n) is 11.2. The van der Waals surface area contributed by atoms with Gasteiger partial charge in [0.15, 0.2) is 14.1 Å². The van der Waals surface area contributed by atoms with Crippen molar-refractivity contribution in [1.82, 2.24) is 14.8 Å². The van der Waals surface area contributed by atoms with Crippen molar-refractivity contribution < 1.29 is 14.0 Å². The minimum atomic E-state index is -1.93. The third-order valence-corrected chi connectivity index (χ3v) is 10.7. The highest BCUT2D eigenvalue weighted by Crippen LogP contribution is 2.37. The molecule has 0 aliphatic rings. The largest absolute Gasteiger partial charge is 0.417 e. The van der Waals surface area contributed by atoms with Gasteiger partial charge in [-0.25, -0.2) is 9.48 Å². The van der Waals surface area contributed by atoms with Gasteiger partial charge in [-0.05, 0) is 48.5 Å². The van der Waals surface area contributed by atoms with Gasteiger partial charge in [-0.15, -0.1) is 0 Å². The quantitative estimate of drug-likeness (QED) is 0.320. The second-order valence-electron chi connectivity index (χ2n) is 9.68. The molecule has 2 heterocycles. The summed E-state index contributed by atoms with van der Waals surface area (Å²) in [6, 6.07) is 18.8. The highest BCUT2D eigenvalue weighted by molar-refractivity contribution is 6.74. The van der Waals surface area contributed by atoms with Crippen molar-refractivity contribution >= 4 is 31.0 Å². The van der Waals surface area contributed by atoms with Crippen LogP contribution in [0.4, 0.5) is 10.5 Å². The molecule has 4 aromatic rings. The molecule has 0 saturated carbocycles. The topological polar surface area (TPSA) is 78.3 Å². The smallest absolute Gasteiger partial charge is 0.411 e. The fourth-order valence-electron chi connectivity index (χ4n) is 3.23. The van der Waals surface area contributed by atoms with E-state index in [1.165, 1.54) is 0 Å². The third kappa shape index (κ3) is 5.18. The second-order valence-corrected chi connectivity index (χ2v) is 14.5. The number of hydrogen-bond acceptors (Lipinski definition) is 5. The van der Waals surface area contributed by atoms with Gasteiger partial charge in [0.1, 0.15) is 5.69 Å². The van der Waals surface area contributed by atoms with Crippen LogP contribution >= 0.6 is 0 Å². The van der Waals surface area contributed by atoms with Crippen LogP contribution in [-0.4, -0.2) is 29.2 Å². The Labute approximate surface area is 200 Å². The zero-order valence-electron chi connectivity index (χ0n) is 20.2. The van der Waals surface area contributed by atoms with Crippen LogP contribution in [0.15, 0.2) is 73.1 Å². The molecule has 8 heteroatoms. The van der Waals surface area contributed by atoms with Crippen LogP contribution in [0.5, 0.6) is 5.75 Å². The predicted octanol–water partition coefficient (Wildman–Crippen LogP) is 6.55. The molecule has 176 valence electrons. The second kappa shape index (κ2) is 9.40. The molecular weight excluding hydrogens is 444 g/mol. The first kappa shape index (κ1) is 23.7. The van der Waals surface area contributed by atoms with Crippen LogP contribution in [0.3, 0.4) is 0 Å². The Morgan fingerprint density at radius 2 is 1.79 bits per heavy atom. The van der Waals surface area contributed by atoms with Crippen LogP contribution in [0.25, 0.3) is 16.6 Å². The van der Waals surface area contributed by atoms with E-state index in [9.17, 15) is 4.79 Å². The number of rotatable bonds is 6. The van der Waals surface area contributed by atoms with Gasteiger partial charge in [0.25, 0.3) is 0 Å². The van der Waals surface area contributed by atoms with Gasteiger partial charge in [-0.1, -0.05) is 51.1 Å². The molecule has 4 rings (SSSR count). The highest BCUT2D eigenvalue weighted by Gasteiger charge is 2.37. The predicted molar refractivity (Wildman–Crippen MR) is 137 cm³/mol. The van der Waals surface area contributed by atoms with Crippen LogP contribution in [0, 0.1) is 0 Å². The molecule has 34 heavy (non-hydrogen) atoms. The number of nitrogens with zero attached hydrogens (tertiary/aromatic N) is 3. The number of amides is 1. The number of fused-ring (bicyclic) bond motifs is 1. The van der Waals surface area contributed by atoms with E-state index < -0.39 is 14.4 Å². The molecule has 0 saturated heterocycles. The summed E-state index contributed by atoms with van der Waals surface area (Å²) in [5.41, 5.74) is 2.97. The van der Waals surface area contributed by atoms with Crippen LogP contribution < -0.4 is 10.1 Å². The van der Waals surface area contributed by atoms with Crippen molar-refractivity contribution in [3.8, 4) is 11.4 Å². The van der Waals surface area contributed by atoms with E-state index in [1.54, 1.807) is 23.1 Å². The van der Waals surface area contributed by atoms with Crippen molar-refractivity contribution in [2.45, 2.75) is 45.5 Å². The minimum Gasteiger partial charge on any atom is -0.411 e. The van der Waals surface area contributed by atoms with Crippen molar-refractivity contribution in [3.63, 3.8) is 0 Å². The fourth-order valence-corrected chi connectivity index (χ4v) is 4.17. The molecule has 7 nitrogen and oxygen atoms in total. The number of pyridine rings is 1. The highest BCUT2D eigenvalue weighted by atomic mass is 28.4. The fraction of sp³-hybridized carbons (Fsp3) is 0.269. The number of ether oxygens (including phenoxy) is 1. The SMILES string of the molecule is CC(C)(C)[Si](C)(C)OCc1ccnn1-c1ccccc1OC(=O)Nc1cnc2ccccc2c1. The molecular formula is C26H30N4O3Si. The van der Waals surface area contributed by atoms with Crippen molar-refractivity contribution in [1.29, 1.82) is 0 Å². The summed E-state index contributed by atoms with van der Waals surface area (Å²) >= 11 is 0. The van der Waals surface area contributed by atoms with Gasteiger partial charge in [0.05, 0.1) is 29.7 Å². The lowest BCUT2D eigenvalue weighted by molar-refractivity contribution is 0.215. The van der Waals surface area contributed by atoms with E-state index in [4.69, 9.17) is 9.16 Å². The van der Waals surface area contributed by atoms with E-state index in [0.29, 0.717) is 23.7 Å². The van der Waals surface area contributed by atoms with E-state index >= 15 is 0 Å². The molecule has 0 fully saturated rings. The molecule has 0 radical (unpaired) electrons. The number of carbonyl (C=O) groups excluding carboxylic acids is 1. The molecule has 0 bridgehead atoms. The Hall–Kier alpha value is -3.49. The molecule has 2 aromatic heterocycles. The molecule has 0 atom stereocenters. The minimum absolute atomic E-state index is 0.106.